The topological polar surface area (TPSA) is 49.5 Å². The molecule has 3 N–H and O–H groups in total. The zero-order valence-electron chi connectivity index (χ0n) is 7.87. The molecule has 1 saturated heterocycles. The van der Waals surface area contributed by atoms with Gasteiger partial charge < -0.3 is 10.8 Å². The fraction of sp³-hybridized carbons (Fsp3) is 1.00. The van der Waals surface area contributed by atoms with Gasteiger partial charge in [0, 0.05) is 18.6 Å². The van der Waals surface area contributed by atoms with Crippen LogP contribution in [0.15, 0.2) is 0 Å². The van der Waals surface area contributed by atoms with Crippen LogP contribution in [0.5, 0.6) is 0 Å². The summed E-state index contributed by atoms with van der Waals surface area (Å²) in [5, 5.41) is 8.80. The van der Waals surface area contributed by atoms with Crippen molar-refractivity contribution in [3.63, 3.8) is 0 Å². The Balaban J connectivity index is 2.30. The van der Waals surface area contributed by atoms with Gasteiger partial charge in [-0.05, 0) is 25.8 Å². The van der Waals surface area contributed by atoms with Gasteiger partial charge in [-0.2, -0.15) is 0 Å². The molecular weight excluding hydrogens is 152 g/mol. The lowest BCUT2D eigenvalue weighted by molar-refractivity contribution is 0.189. The summed E-state index contributed by atoms with van der Waals surface area (Å²) < 4.78 is 0. The average molecular weight is 172 g/mol. The number of aliphatic hydroxyl groups is 1. The first-order chi connectivity index (χ1) is 5.77. The molecule has 0 aromatic heterocycles. The summed E-state index contributed by atoms with van der Waals surface area (Å²) in [6, 6.07) is 0.653. The second kappa shape index (κ2) is 4.80. The Hall–Kier alpha value is -0.120. The van der Waals surface area contributed by atoms with E-state index < -0.39 is 0 Å². The summed E-state index contributed by atoms with van der Waals surface area (Å²) in [7, 11) is 0. The number of hydrogen-bond acceptors (Lipinski definition) is 3. The molecule has 0 aromatic carbocycles. The van der Waals surface area contributed by atoms with E-state index in [1.54, 1.807) is 0 Å². The minimum absolute atomic E-state index is 0.0582. The highest BCUT2D eigenvalue weighted by molar-refractivity contribution is 4.80. The van der Waals surface area contributed by atoms with Crippen molar-refractivity contribution in [2.24, 2.45) is 5.73 Å². The van der Waals surface area contributed by atoms with Crippen molar-refractivity contribution >= 4 is 0 Å². The molecule has 1 rings (SSSR count). The van der Waals surface area contributed by atoms with Crippen LogP contribution in [0.2, 0.25) is 0 Å². The molecule has 0 saturated carbocycles. The van der Waals surface area contributed by atoms with Crippen molar-refractivity contribution < 1.29 is 5.11 Å². The predicted octanol–water partition coefficient (Wildman–Crippen LogP) is 0.180. The fourth-order valence-electron chi connectivity index (χ4n) is 1.96. The molecule has 2 atom stereocenters. The van der Waals surface area contributed by atoms with Crippen LogP contribution in [0, 0.1) is 0 Å². The van der Waals surface area contributed by atoms with Crippen molar-refractivity contribution in [2.45, 2.75) is 38.3 Å². The third-order valence-corrected chi connectivity index (χ3v) is 2.67. The first-order valence-corrected chi connectivity index (χ1v) is 4.88. The van der Waals surface area contributed by atoms with Gasteiger partial charge in [-0.15, -0.1) is 0 Å². The molecule has 2 unspecified atom stereocenters. The lowest BCUT2D eigenvalue weighted by atomic mass is 10.1. The van der Waals surface area contributed by atoms with Crippen molar-refractivity contribution in [3.8, 4) is 0 Å². The Morgan fingerprint density at radius 1 is 1.67 bits per heavy atom. The molecule has 1 fully saturated rings. The molecule has 0 radical (unpaired) electrons. The van der Waals surface area contributed by atoms with Crippen molar-refractivity contribution in [2.75, 3.05) is 19.7 Å². The highest BCUT2D eigenvalue weighted by atomic mass is 16.3. The Morgan fingerprint density at radius 2 is 2.42 bits per heavy atom. The summed E-state index contributed by atoms with van der Waals surface area (Å²) >= 11 is 0. The second-order valence-electron chi connectivity index (χ2n) is 3.64. The summed E-state index contributed by atoms with van der Waals surface area (Å²) in [6.07, 6.45) is 3.80. The minimum Gasteiger partial charge on any atom is -0.395 e. The molecule has 3 nitrogen and oxygen atoms in total. The number of likely N-dealkylation sites (tertiary alicyclic amines) is 1. The Bertz CT molecular complexity index is 130. The van der Waals surface area contributed by atoms with Gasteiger partial charge in [-0.25, -0.2) is 0 Å². The third-order valence-electron chi connectivity index (χ3n) is 2.67. The zero-order valence-corrected chi connectivity index (χ0v) is 7.87. The summed E-state index contributed by atoms with van der Waals surface area (Å²) in [5.41, 5.74) is 5.68. The van der Waals surface area contributed by atoms with E-state index in [-0.39, 0.29) is 12.6 Å². The van der Waals surface area contributed by atoms with E-state index in [2.05, 4.69) is 11.8 Å². The normalized spacial score (nSPS) is 27.8. The van der Waals surface area contributed by atoms with E-state index >= 15 is 0 Å². The molecule has 1 aliphatic rings. The van der Waals surface area contributed by atoms with Gasteiger partial charge in [-0.3, -0.25) is 4.90 Å². The first kappa shape index (κ1) is 9.96. The maximum atomic E-state index is 8.80. The van der Waals surface area contributed by atoms with Gasteiger partial charge in [0.15, 0.2) is 0 Å². The Kier molecular flexibility index (Phi) is 3.98. The smallest absolute Gasteiger partial charge is 0.0595 e. The van der Waals surface area contributed by atoms with E-state index in [9.17, 15) is 0 Å². The molecule has 12 heavy (non-hydrogen) atoms. The summed E-state index contributed by atoms with van der Waals surface area (Å²) in [5.74, 6) is 0. The van der Waals surface area contributed by atoms with Gasteiger partial charge >= 0.3 is 0 Å². The van der Waals surface area contributed by atoms with Gasteiger partial charge in [0.2, 0.25) is 0 Å². The van der Waals surface area contributed by atoms with E-state index in [4.69, 9.17) is 10.8 Å². The second-order valence-corrected chi connectivity index (χ2v) is 3.64. The highest BCUT2D eigenvalue weighted by Gasteiger charge is 2.23. The fourth-order valence-corrected chi connectivity index (χ4v) is 1.96. The van der Waals surface area contributed by atoms with Crippen LogP contribution >= 0.6 is 0 Å². The first-order valence-electron chi connectivity index (χ1n) is 4.88. The number of aliphatic hydroxyl groups excluding tert-OH is 1. The average Bonchev–Trinajstić information content (AvgIpc) is 2.51. The molecule has 0 spiro atoms. The van der Waals surface area contributed by atoms with Crippen LogP contribution in [0.4, 0.5) is 0 Å². The van der Waals surface area contributed by atoms with Crippen LogP contribution < -0.4 is 5.73 Å². The van der Waals surface area contributed by atoms with Crippen LogP contribution in [0.1, 0.15) is 26.2 Å². The molecule has 0 amide bonds. The van der Waals surface area contributed by atoms with E-state index in [0.29, 0.717) is 6.04 Å². The van der Waals surface area contributed by atoms with Crippen LogP contribution in [-0.2, 0) is 0 Å². The van der Waals surface area contributed by atoms with Gasteiger partial charge in [0.25, 0.3) is 0 Å². The van der Waals surface area contributed by atoms with E-state index in [0.717, 1.165) is 13.1 Å². The summed E-state index contributed by atoms with van der Waals surface area (Å²) in [6.45, 7) is 4.33. The van der Waals surface area contributed by atoms with E-state index in [1.807, 2.05) is 0 Å². The van der Waals surface area contributed by atoms with Crippen LogP contribution in [0.3, 0.4) is 0 Å². The van der Waals surface area contributed by atoms with Crippen molar-refractivity contribution in [1.29, 1.82) is 0 Å². The summed E-state index contributed by atoms with van der Waals surface area (Å²) in [4.78, 5) is 2.40. The number of hydrogen-bond donors (Lipinski definition) is 2. The molecule has 1 heterocycles. The molecule has 3 heteroatoms. The highest BCUT2D eigenvalue weighted by Crippen LogP contribution is 2.19. The molecular formula is C9H20N2O. The third kappa shape index (κ3) is 2.44. The predicted molar refractivity (Wildman–Crippen MR) is 49.9 cm³/mol. The molecule has 1 aliphatic heterocycles. The molecule has 0 bridgehead atoms. The largest absolute Gasteiger partial charge is 0.395 e. The maximum Gasteiger partial charge on any atom is 0.0595 e. The van der Waals surface area contributed by atoms with E-state index in [1.165, 1.54) is 19.3 Å². The van der Waals surface area contributed by atoms with Gasteiger partial charge in [-0.1, -0.05) is 6.92 Å². The van der Waals surface area contributed by atoms with Crippen molar-refractivity contribution in [1.82, 2.24) is 4.90 Å². The monoisotopic (exact) mass is 172 g/mol. The standard InChI is InChI=1S/C9H20N2O/c1-2-9-4-3-5-11(9)6-8(10)7-12/h8-9,12H,2-7,10H2,1H3. The SMILES string of the molecule is CCC1CCCN1CC(N)CO. The van der Waals surface area contributed by atoms with Gasteiger partial charge in [0.1, 0.15) is 0 Å². The molecule has 0 aromatic rings. The van der Waals surface area contributed by atoms with Crippen LogP contribution in [0.25, 0.3) is 0 Å². The minimum atomic E-state index is -0.0582. The number of rotatable bonds is 4. The lowest BCUT2D eigenvalue weighted by Gasteiger charge is -2.25. The van der Waals surface area contributed by atoms with Crippen molar-refractivity contribution in [3.05, 3.63) is 0 Å². The lowest BCUT2D eigenvalue weighted by Crippen LogP contribution is -2.41. The Labute approximate surface area is 74.5 Å². The van der Waals surface area contributed by atoms with Gasteiger partial charge in [0.05, 0.1) is 6.61 Å². The quantitative estimate of drug-likeness (QED) is 0.636. The zero-order chi connectivity index (χ0) is 8.97. The Morgan fingerprint density at radius 3 is 3.00 bits per heavy atom. The number of nitrogens with two attached hydrogens (primary N) is 1. The maximum absolute atomic E-state index is 8.80. The van der Waals surface area contributed by atoms with Crippen LogP contribution in [-0.4, -0.2) is 41.8 Å². The number of nitrogens with zero attached hydrogens (tertiary/aromatic N) is 1. The molecule has 72 valence electrons. The molecule has 0 aliphatic carbocycles.